The summed E-state index contributed by atoms with van der Waals surface area (Å²) in [6.07, 6.45) is -4.33. The highest BCUT2D eigenvalue weighted by atomic mass is 35.5. The van der Waals surface area contributed by atoms with E-state index < -0.39 is 67.2 Å². The van der Waals surface area contributed by atoms with Crippen molar-refractivity contribution in [3.8, 4) is 0 Å². The molecule has 0 unspecified atom stereocenters. The van der Waals surface area contributed by atoms with Crippen molar-refractivity contribution < 1.29 is 45.8 Å². The lowest BCUT2D eigenvalue weighted by Gasteiger charge is -2.38. The first-order chi connectivity index (χ1) is 18.7. The maximum absolute atomic E-state index is 14.1. The molecule has 1 aliphatic rings. The maximum atomic E-state index is 14.1. The van der Waals surface area contributed by atoms with Crippen LogP contribution in [-0.4, -0.2) is 88.3 Å². The minimum Gasteiger partial charge on any atom is -0.444 e. The van der Waals surface area contributed by atoms with Gasteiger partial charge in [0.25, 0.3) is 5.92 Å². The van der Waals surface area contributed by atoms with Gasteiger partial charge in [0, 0.05) is 12.7 Å². The summed E-state index contributed by atoms with van der Waals surface area (Å²) in [6.45, 7) is 3.92. The molecule has 0 aliphatic carbocycles. The molecular weight excluding hydrogens is 583 g/mol. The lowest BCUT2D eigenvalue weighted by atomic mass is 10.1. The largest absolute Gasteiger partial charge is 0.444 e. The van der Waals surface area contributed by atoms with Crippen LogP contribution in [0.15, 0.2) is 12.3 Å². The Morgan fingerprint density at radius 3 is 2.46 bits per heavy atom. The van der Waals surface area contributed by atoms with Crippen molar-refractivity contribution in [3.63, 3.8) is 0 Å². The van der Waals surface area contributed by atoms with Gasteiger partial charge in [0.15, 0.2) is 16.4 Å². The molecule has 2 aromatic rings. The number of ether oxygens (including phenoxy) is 3. The number of imidazole rings is 1. The van der Waals surface area contributed by atoms with Gasteiger partial charge in [-0.25, -0.2) is 27.9 Å². The van der Waals surface area contributed by atoms with E-state index in [-0.39, 0.29) is 28.7 Å². The number of nitrogens with zero attached hydrogens (tertiary/aromatic N) is 4. The minimum absolute atomic E-state index is 0.0418. The second-order valence-electron chi connectivity index (χ2n) is 11.0. The van der Waals surface area contributed by atoms with Crippen LogP contribution in [0.5, 0.6) is 0 Å². The average Bonchev–Trinajstić information content (AvgIpc) is 3.22. The van der Waals surface area contributed by atoms with E-state index in [1.165, 1.54) is 23.9 Å². The third-order valence-electron chi connectivity index (χ3n) is 6.01. The van der Waals surface area contributed by atoms with E-state index in [1.807, 2.05) is 0 Å². The van der Waals surface area contributed by atoms with Gasteiger partial charge in [0.05, 0.1) is 50.3 Å². The first kappa shape index (κ1) is 32.5. The van der Waals surface area contributed by atoms with Crippen molar-refractivity contribution in [3.05, 3.63) is 28.7 Å². The SMILES string of the molecule is COC[C@H](c1cc2nc([C@H](COC(C)(C)C(F)(F)F)NC(=O)OC(C)(C)C)cn2nc1Cl)N1CC(F)(F)CNC1=O. The smallest absolute Gasteiger partial charge is 0.416 e. The van der Waals surface area contributed by atoms with Gasteiger partial charge in [-0.1, -0.05) is 11.6 Å². The number of alkyl carbamates (subject to hydrolysis) is 1. The van der Waals surface area contributed by atoms with E-state index in [0.717, 1.165) is 18.7 Å². The molecule has 230 valence electrons. The highest BCUT2D eigenvalue weighted by Gasteiger charge is 2.49. The number of rotatable bonds is 9. The van der Waals surface area contributed by atoms with Crippen LogP contribution < -0.4 is 10.6 Å². The molecular formula is C24H32ClF5N6O5. The number of aromatic nitrogens is 3. The lowest BCUT2D eigenvalue weighted by Crippen LogP contribution is -2.58. The molecule has 0 bridgehead atoms. The summed E-state index contributed by atoms with van der Waals surface area (Å²) < 4.78 is 85.3. The van der Waals surface area contributed by atoms with Gasteiger partial charge >= 0.3 is 18.3 Å². The number of halogens is 6. The van der Waals surface area contributed by atoms with E-state index in [4.69, 9.17) is 25.8 Å². The lowest BCUT2D eigenvalue weighted by molar-refractivity contribution is -0.265. The van der Waals surface area contributed by atoms with Gasteiger partial charge in [0.1, 0.15) is 5.60 Å². The average molecular weight is 615 g/mol. The summed E-state index contributed by atoms with van der Waals surface area (Å²) in [7, 11) is 1.32. The third-order valence-corrected chi connectivity index (χ3v) is 6.31. The Balaban J connectivity index is 1.99. The van der Waals surface area contributed by atoms with Gasteiger partial charge < -0.3 is 29.7 Å². The van der Waals surface area contributed by atoms with Crippen LogP contribution in [0.2, 0.25) is 5.15 Å². The summed E-state index contributed by atoms with van der Waals surface area (Å²) in [5.41, 5.74) is -3.19. The summed E-state index contributed by atoms with van der Waals surface area (Å²) in [6, 6.07) is -1.68. The van der Waals surface area contributed by atoms with Crippen LogP contribution >= 0.6 is 11.6 Å². The van der Waals surface area contributed by atoms with E-state index in [1.54, 1.807) is 20.8 Å². The number of hydrogen-bond donors (Lipinski definition) is 2. The van der Waals surface area contributed by atoms with Crippen LogP contribution in [0.25, 0.3) is 5.65 Å². The zero-order valence-electron chi connectivity index (χ0n) is 23.2. The maximum Gasteiger partial charge on any atom is 0.416 e. The molecule has 0 spiro atoms. The van der Waals surface area contributed by atoms with Crippen molar-refractivity contribution in [1.29, 1.82) is 0 Å². The van der Waals surface area contributed by atoms with Crippen LogP contribution in [0, 0.1) is 0 Å². The molecule has 1 saturated heterocycles. The van der Waals surface area contributed by atoms with E-state index in [9.17, 15) is 31.5 Å². The Hall–Kier alpha value is -2.98. The fourth-order valence-corrected chi connectivity index (χ4v) is 4.06. The monoisotopic (exact) mass is 614 g/mol. The third kappa shape index (κ3) is 8.07. The zero-order chi connectivity index (χ0) is 31.0. The van der Waals surface area contributed by atoms with Crippen molar-refractivity contribution in [2.24, 2.45) is 0 Å². The highest BCUT2D eigenvalue weighted by molar-refractivity contribution is 6.30. The summed E-state index contributed by atoms with van der Waals surface area (Å²) in [5.74, 6) is -3.21. The number of fused-ring (bicyclic) bond motifs is 1. The molecule has 3 rings (SSSR count). The topological polar surface area (TPSA) is 119 Å². The molecule has 41 heavy (non-hydrogen) atoms. The number of urea groups is 1. The standard InChI is InChI=1S/C24H32ClF5N6O5/c1-21(2,3)41-20(38)33-15(9-40-22(4,5)24(28,29)30)14-8-36-17(32-14)7-13(18(25)34-36)16(10-39-6)35-12-23(26,27)11-31-19(35)37/h7-8,15-16H,9-12H2,1-6H3,(H,31,37)(H,33,38)/t15-,16+/m0/s1. The van der Waals surface area contributed by atoms with Crippen LogP contribution in [-0.2, 0) is 14.2 Å². The molecule has 0 aromatic carbocycles. The van der Waals surface area contributed by atoms with Gasteiger partial charge in [0.2, 0.25) is 0 Å². The molecule has 1 aliphatic heterocycles. The molecule has 3 heterocycles. The number of amides is 3. The Morgan fingerprint density at radius 1 is 1.22 bits per heavy atom. The van der Waals surface area contributed by atoms with Gasteiger partial charge in [-0.15, -0.1) is 0 Å². The number of hydrogen-bond acceptors (Lipinski definition) is 7. The minimum atomic E-state index is -4.71. The highest BCUT2D eigenvalue weighted by Crippen LogP contribution is 2.35. The molecule has 2 N–H and O–H groups in total. The molecule has 11 nitrogen and oxygen atoms in total. The van der Waals surface area contributed by atoms with Gasteiger partial charge in [-0.05, 0) is 40.7 Å². The quantitative estimate of drug-likeness (QED) is 0.395. The van der Waals surface area contributed by atoms with E-state index in [0.29, 0.717) is 0 Å². The fraction of sp³-hybridized carbons (Fsp3) is 0.667. The molecule has 2 atom stereocenters. The first-order valence-electron chi connectivity index (χ1n) is 12.4. The molecule has 0 radical (unpaired) electrons. The summed E-state index contributed by atoms with van der Waals surface area (Å²) in [4.78, 5) is 30.2. The Kier molecular flexibility index (Phi) is 9.30. The van der Waals surface area contributed by atoms with E-state index >= 15 is 0 Å². The Morgan fingerprint density at radius 2 is 1.88 bits per heavy atom. The fourth-order valence-electron chi connectivity index (χ4n) is 3.80. The van der Waals surface area contributed by atoms with Gasteiger partial charge in [-0.3, -0.25) is 0 Å². The number of carbonyl (C=O) groups excluding carboxylic acids is 2. The predicted octanol–water partition coefficient (Wildman–Crippen LogP) is 4.65. The van der Waals surface area contributed by atoms with Crippen LogP contribution in [0.1, 0.15) is 58.0 Å². The molecule has 1 fully saturated rings. The Labute approximate surface area is 237 Å². The molecule has 2 aromatic heterocycles. The molecule has 3 amide bonds. The van der Waals surface area contributed by atoms with Crippen molar-refractivity contribution >= 4 is 29.4 Å². The van der Waals surface area contributed by atoms with Crippen molar-refractivity contribution in [1.82, 2.24) is 30.1 Å². The van der Waals surface area contributed by atoms with Gasteiger partial charge in [-0.2, -0.15) is 18.3 Å². The normalized spacial score (nSPS) is 17.8. The number of methoxy groups -OCH3 is 1. The number of nitrogens with one attached hydrogen (secondary N) is 2. The van der Waals surface area contributed by atoms with Crippen molar-refractivity contribution in [2.75, 3.05) is 33.4 Å². The second kappa shape index (κ2) is 11.7. The Bertz CT molecular complexity index is 1270. The number of alkyl halides is 5. The van der Waals surface area contributed by atoms with Crippen LogP contribution in [0.3, 0.4) is 0 Å². The summed E-state index contributed by atoms with van der Waals surface area (Å²) in [5, 5.41) is 8.60. The zero-order valence-corrected chi connectivity index (χ0v) is 24.0. The number of carbonyl (C=O) groups is 2. The second-order valence-corrected chi connectivity index (χ2v) is 11.3. The molecule has 0 saturated carbocycles. The summed E-state index contributed by atoms with van der Waals surface area (Å²) >= 11 is 6.39. The first-order valence-corrected chi connectivity index (χ1v) is 12.8. The predicted molar refractivity (Wildman–Crippen MR) is 136 cm³/mol. The van der Waals surface area contributed by atoms with Crippen LogP contribution in [0.4, 0.5) is 31.5 Å². The molecule has 17 heteroatoms. The van der Waals surface area contributed by atoms with E-state index in [2.05, 4.69) is 20.7 Å². The van der Waals surface area contributed by atoms with Crippen molar-refractivity contribution in [2.45, 2.75) is 70.0 Å².